The fourth-order valence-electron chi connectivity index (χ4n) is 3.96. The molecule has 4 rings (SSSR count). The van der Waals surface area contributed by atoms with Crippen LogP contribution in [-0.4, -0.2) is 34.7 Å². The van der Waals surface area contributed by atoms with E-state index >= 15 is 0 Å². The first kappa shape index (κ1) is 20.8. The number of aromatic nitrogens is 2. The van der Waals surface area contributed by atoms with E-state index in [1.54, 1.807) is 13.2 Å². The molecule has 2 aromatic carbocycles. The lowest BCUT2D eigenvalue weighted by molar-refractivity contribution is 0.0740. The van der Waals surface area contributed by atoms with Crippen LogP contribution in [0.5, 0.6) is 5.75 Å². The van der Waals surface area contributed by atoms with Gasteiger partial charge in [0, 0.05) is 17.7 Å². The van der Waals surface area contributed by atoms with Crippen molar-refractivity contribution < 1.29 is 9.53 Å². The highest BCUT2D eigenvalue weighted by Gasteiger charge is 2.41. The summed E-state index contributed by atoms with van der Waals surface area (Å²) in [7, 11) is 1.63. The molecular weight excluding hydrogens is 421 g/mol. The maximum Gasteiger partial charge on any atom is 0.273 e. The maximum absolute atomic E-state index is 13.2. The molecule has 1 amide bonds. The summed E-state index contributed by atoms with van der Waals surface area (Å²) >= 11 is 12.5. The number of unbranched alkanes of at least 4 members (excludes halogenated alkanes) is 2. The normalized spacial score (nSPS) is 15.5. The van der Waals surface area contributed by atoms with Gasteiger partial charge in [-0.3, -0.25) is 9.89 Å². The highest BCUT2D eigenvalue weighted by atomic mass is 35.5. The van der Waals surface area contributed by atoms with Crippen molar-refractivity contribution in [2.75, 3.05) is 13.7 Å². The summed E-state index contributed by atoms with van der Waals surface area (Å²) < 4.78 is 5.27. The van der Waals surface area contributed by atoms with Gasteiger partial charge in [0.2, 0.25) is 0 Å². The molecule has 1 N–H and O–H groups in total. The van der Waals surface area contributed by atoms with Crippen molar-refractivity contribution in [3.8, 4) is 17.0 Å². The molecule has 0 spiro atoms. The minimum Gasteiger partial charge on any atom is -0.497 e. The highest BCUT2D eigenvalue weighted by molar-refractivity contribution is 6.42. The van der Waals surface area contributed by atoms with Gasteiger partial charge in [0.1, 0.15) is 11.4 Å². The molecule has 2 heterocycles. The van der Waals surface area contributed by atoms with Crippen molar-refractivity contribution in [3.63, 3.8) is 0 Å². The summed E-state index contributed by atoms with van der Waals surface area (Å²) in [4.78, 5) is 15.2. The molecular formula is C23H23Cl2N3O2. The lowest BCUT2D eigenvalue weighted by Crippen LogP contribution is -2.30. The highest BCUT2D eigenvalue weighted by Crippen LogP contribution is 2.44. The standard InChI is InChI=1S/C23H23Cl2N3O2/c1-3-4-5-12-28-22(15-8-11-17(24)18(25)13-15)19-20(26-27-21(19)23(28)29)14-6-9-16(30-2)10-7-14/h6-11,13,22H,3-5,12H2,1-2H3,(H,26,27). The number of carbonyl (C=O) groups excluding carboxylic acids is 1. The first-order valence-corrected chi connectivity index (χ1v) is 10.8. The molecule has 0 aliphatic carbocycles. The summed E-state index contributed by atoms with van der Waals surface area (Å²) in [6, 6.07) is 13.0. The van der Waals surface area contributed by atoms with Crippen molar-refractivity contribution >= 4 is 29.1 Å². The Labute approximate surface area is 185 Å². The summed E-state index contributed by atoms with van der Waals surface area (Å²) in [5.74, 6) is 0.730. The van der Waals surface area contributed by atoms with E-state index in [0.717, 1.165) is 47.4 Å². The summed E-state index contributed by atoms with van der Waals surface area (Å²) in [5.41, 5.74) is 4.01. The van der Waals surface area contributed by atoms with Gasteiger partial charge < -0.3 is 9.64 Å². The molecule has 1 aromatic heterocycles. The molecule has 0 saturated heterocycles. The zero-order valence-electron chi connectivity index (χ0n) is 16.9. The van der Waals surface area contributed by atoms with E-state index < -0.39 is 0 Å². The smallest absolute Gasteiger partial charge is 0.273 e. The van der Waals surface area contributed by atoms with Gasteiger partial charge in [-0.05, 0) is 48.4 Å². The predicted molar refractivity (Wildman–Crippen MR) is 119 cm³/mol. The molecule has 0 radical (unpaired) electrons. The Morgan fingerprint density at radius 3 is 2.53 bits per heavy atom. The van der Waals surface area contributed by atoms with Crippen LogP contribution < -0.4 is 4.74 Å². The van der Waals surface area contributed by atoms with Crippen molar-refractivity contribution in [3.05, 3.63) is 69.3 Å². The lowest BCUT2D eigenvalue weighted by atomic mass is 9.96. The molecule has 0 fully saturated rings. The van der Waals surface area contributed by atoms with Crippen LogP contribution in [0.3, 0.4) is 0 Å². The van der Waals surface area contributed by atoms with Crippen LogP contribution in [0.25, 0.3) is 11.3 Å². The number of ether oxygens (including phenoxy) is 1. The Bertz CT molecular complexity index is 1060. The van der Waals surface area contributed by atoms with Gasteiger partial charge in [-0.1, -0.05) is 49.0 Å². The molecule has 0 bridgehead atoms. The average molecular weight is 444 g/mol. The number of rotatable bonds is 7. The van der Waals surface area contributed by atoms with E-state index in [1.165, 1.54) is 0 Å². The van der Waals surface area contributed by atoms with Crippen molar-refractivity contribution in [1.29, 1.82) is 0 Å². The molecule has 3 aromatic rings. The van der Waals surface area contributed by atoms with Gasteiger partial charge in [0.05, 0.1) is 28.9 Å². The average Bonchev–Trinajstić information content (AvgIpc) is 3.30. The number of nitrogens with one attached hydrogen (secondary N) is 1. The zero-order chi connectivity index (χ0) is 21.3. The van der Waals surface area contributed by atoms with Gasteiger partial charge in [-0.2, -0.15) is 5.10 Å². The van der Waals surface area contributed by atoms with E-state index in [9.17, 15) is 4.79 Å². The molecule has 30 heavy (non-hydrogen) atoms. The first-order valence-electron chi connectivity index (χ1n) is 10.0. The van der Waals surface area contributed by atoms with Gasteiger partial charge in [-0.25, -0.2) is 0 Å². The molecule has 1 aliphatic rings. The number of methoxy groups -OCH3 is 1. The number of aromatic amines is 1. The van der Waals surface area contributed by atoms with E-state index in [2.05, 4.69) is 17.1 Å². The van der Waals surface area contributed by atoms with Crippen LogP contribution in [-0.2, 0) is 0 Å². The number of H-pyrrole nitrogens is 1. The number of fused-ring (bicyclic) bond motifs is 1. The van der Waals surface area contributed by atoms with Crippen LogP contribution in [0.15, 0.2) is 42.5 Å². The monoisotopic (exact) mass is 443 g/mol. The molecule has 7 heteroatoms. The fourth-order valence-corrected chi connectivity index (χ4v) is 4.26. The van der Waals surface area contributed by atoms with Gasteiger partial charge >= 0.3 is 0 Å². The van der Waals surface area contributed by atoms with Gasteiger partial charge in [0.15, 0.2) is 0 Å². The second kappa shape index (κ2) is 8.70. The second-order valence-corrected chi connectivity index (χ2v) is 8.19. The third kappa shape index (κ3) is 3.68. The summed E-state index contributed by atoms with van der Waals surface area (Å²) in [6.07, 6.45) is 3.09. The molecule has 1 aliphatic heterocycles. The third-order valence-electron chi connectivity index (χ3n) is 5.49. The van der Waals surface area contributed by atoms with Crippen LogP contribution in [0, 0.1) is 0 Å². The Morgan fingerprint density at radius 2 is 1.87 bits per heavy atom. The molecule has 0 saturated carbocycles. The van der Waals surface area contributed by atoms with E-state index in [4.69, 9.17) is 27.9 Å². The van der Waals surface area contributed by atoms with Gasteiger partial charge in [-0.15, -0.1) is 0 Å². The molecule has 1 unspecified atom stereocenters. The minimum absolute atomic E-state index is 0.0376. The Kier molecular flexibility index (Phi) is 6.02. The maximum atomic E-state index is 13.2. The minimum atomic E-state index is -0.269. The molecule has 1 atom stereocenters. The van der Waals surface area contributed by atoms with E-state index in [1.807, 2.05) is 41.3 Å². The number of carbonyl (C=O) groups is 1. The van der Waals surface area contributed by atoms with Crippen LogP contribution in [0.4, 0.5) is 0 Å². The fraction of sp³-hybridized carbons (Fsp3) is 0.304. The van der Waals surface area contributed by atoms with Crippen LogP contribution in [0.2, 0.25) is 10.0 Å². The number of hydrogen-bond donors (Lipinski definition) is 1. The van der Waals surface area contributed by atoms with Crippen molar-refractivity contribution in [2.24, 2.45) is 0 Å². The number of hydrogen-bond acceptors (Lipinski definition) is 3. The largest absolute Gasteiger partial charge is 0.497 e. The predicted octanol–water partition coefficient (Wildman–Crippen LogP) is 6.13. The topological polar surface area (TPSA) is 58.2 Å². The summed E-state index contributed by atoms with van der Waals surface area (Å²) in [6.45, 7) is 2.82. The zero-order valence-corrected chi connectivity index (χ0v) is 18.4. The van der Waals surface area contributed by atoms with Crippen LogP contribution in [0.1, 0.15) is 53.8 Å². The Hall–Kier alpha value is -2.50. The quantitative estimate of drug-likeness (QED) is 0.446. The summed E-state index contributed by atoms with van der Waals surface area (Å²) in [5, 5.41) is 8.43. The van der Waals surface area contributed by atoms with E-state index in [0.29, 0.717) is 22.3 Å². The number of halogens is 2. The second-order valence-electron chi connectivity index (χ2n) is 7.37. The number of benzene rings is 2. The van der Waals surface area contributed by atoms with Crippen molar-refractivity contribution in [1.82, 2.24) is 15.1 Å². The third-order valence-corrected chi connectivity index (χ3v) is 6.23. The van der Waals surface area contributed by atoms with Crippen LogP contribution >= 0.6 is 23.2 Å². The Morgan fingerprint density at radius 1 is 1.10 bits per heavy atom. The first-order chi connectivity index (χ1) is 14.5. The number of amides is 1. The number of nitrogens with zero attached hydrogens (tertiary/aromatic N) is 2. The lowest BCUT2D eigenvalue weighted by Gasteiger charge is -2.26. The van der Waals surface area contributed by atoms with Gasteiger partial charge in [0.25, 0.3) is 5.91 Å². The Balaban J connectivity index is 1.81. The van der Waals surface area contributed by atoms with E-state index in [-0.39, 0.29) is 11.9 Å². The molecule has 156 valence electrons. The van der Waals surface area contributed by atoms with Crippen molar-refractivity contribution in [2.45, 2.75) is 32.2 Å². The SMILES string of the molecule is CCCCCN1C(=O)c2[nH]nc(-c3ccc(OC)cc3)c2C1c1ccc(Cl)c(Cl)c1. The molecule has 5 nitrogen and oxygen atoms in total.